The first-order valence-corrected chi connectivity index (χ1v) is 7.43. The van der Waals surface area contributed by atoms with Gasteiger partial charge in [0.1, 0.15) is 0 Å². The van der Waals surface area contributed by atoms with E-state index in [1.807, 2.05) is 24.3 Å². The fourth-order valence-corrected chi connectivity index (χ4v) is 3.92. The molecule has 0 amide bonds. The van der Waals surface area contributed by atoms with Crippen molar-refractivity contribution in [1.82, 2.24) is 4.98 Å². The van der Waals surface area contributed by atoms with Crippen LogP contribution in [0.5, 0.6) is 0 Å². The first-order valence-electron chi connectivity index (χ1n) is 5.80. The number of carboxylic acid groups (broad SMARTS) is 1. The average molecular weight is 302 g/mol. The van der Waals surface area contributed by atoms with E-state index >= 15 is 0 Å². The van der Waals surface area contributed by atoms with Crippen molar-refractivity contribution < 1.29 is 9.90 Å². The van der Waals surface area contributed by atoms with Crippen LogP contribution in [0.25, 0.3) is 10.2 Å². The van der Waals surface area contributed by atoms with Crippen LogP contribution < -0.4 is 5.73 Å². The van der Waals surface area contributed by atoms with Crippen molar-refractivity contribution in [2.75, 3.05) is 5.73 Å². The molecule has 1 heterocycles. The second-order valence-electron chi connectivity index (χ2n) is 4.11. The SMILES string of the molecule is Nc1ccc(Sc2nc3ccccc3s2)c(C(=O)O)c1. The highest BCUT2D eigenvalue weighted by atomic mass is 32.2. The lowest BCUT2D eigenvalue weighted by atomic mass is 10.2. The van der Waals surface area contributed by atoms with Gasteiger partial charge in [-0.15, -0.1) is 11.3 Å². The topological polar surface area (TPSA) is 76.2 Å². The summed E-state index contributed by atoms with van der Waals surface area (Å²) in [5, 5.41) is 9.22. The lowest BCUT2D eigenvalue weighted by molar-refractivity contribution is 0.0693. The summed E-state index contributed by atoms with van der Waals surface area (Å²) in [4.78, 5) is 16.4. The molecule has 6 heteroatoms. The van der Waals surface area contributed by atoms with Crippen LogP contribution in [0.15, 0.2) is 51.7 Å². The van der Waals surface area contributed by atoms with E-state index in [4.69, 9.17) is 5.73 Å². The molecule has 0 atom stereocenters. The number of nitrogen functional groups attached to an aromatic ring is 1. The number of carbonyl (C=O) groups is 1. The molecule has 0 unspecified atom stereocenters. The molecule has 0 aliphatic rings. The largest absolute Gasteiger partial charge is 0.478 e. The number of hydrogen-bond donors (Lipinski definition) is 2. The van der Waals surface area contributed by atoms with E-state index in [1.165, 1.54) is 17.8 Å². The quantitative estimate of drug-likeness (QED) is 0.721. The number of fused-ring (bicyclic) bond motifs is 1. The number of aromatic nitrogens is 1. The molecule has 0 saturated heterocycles. The molecule has 0 saturated carbocycles. The van der Waals surface area contributed by atoms with Gasteiger partial charge in [0, 0.05) is 10.6 Å². The zero-order chi connectivity index (χ0) is 14.1. The Hall–Kier alpha value is -2.05. The Morgan fingerprint density at radius 3 is 2.80 bits per heavy atom. The summed E-state index contributed by atoms with van der Waals surface area (Å²) in [5.74, 6) is -0.985. The van der Waals surface area contributed by atoms with Gasteiger partial charge in [-0.2, -0.15) is 0 Å². The van der Waals surface area contributed by atoms with Gasteiger partial charge in [0.25, 0.3) is 0 Å². The highest BCUT2D eigenvalue weighted by molar-refractivity contribution is 8.01. The molecule has 3 N–H and O–H groups in total. The number of carboxylic acids is 1. The highest BCUT2D eigenvalue weighted by Crippen LogP contribution is 2.36. The minimum absolute atomic E-state index is 0.203. The number of nitrogens with zero attached hydrogens (tertiary/aromatic N) is 1. The van der Waals surface area contributed by atoms with Crippen LogP contribution in [-0.4, -0.2) is 16.1 Å². The summed E-state index contributed by atoms with van der Waals surface area (Å²) in [5.41, 5.74) is 7.20. The minimum atomic E-state index is -0.985. The Bertz CT molecular complexity index is 766. The molecule has 1 aromatic heterocycles. The van der Waals surface area contributed by atoms with Crippen molar-refractivity contribution in [2.45, 2.75) is 9.24 Å². The third-order valence-electron chi connectivity index (χ3n) is 2.71. The summed E-state index contributed by atoms with van der Waals surface area (Å²) >= 11 is 2.89. The maximum absolute atomic E-state index is 11.3. The van der Waals surface area contributed by atoms with Gasteiger partial charge < -0.3 is 10.8 Å². The Kier molecular flexibility index (Phi) is 3.33. The minimum Gasteiger partial charge on any atom is -0.478 e. The molecule has 0 radical (unpaired) electrons. The molecule has 0 aliphatic heterocycles. The summed E-state index contributed by atoms with van der Waals surface area (Å²) in [6.07, 6.45) is 0. The van der Waals surface area contributed by atoms with Gasteiger partial charge in [0.05, 0.1) is 15.8 Å². The van der Waals surface area contributed by atoms with E-state index in [-0.39, 0.29) is 5.56 Å². The number of benzene rings is 2. The number of anilines is 1. The smallest absolute Gasteiger partial charge is 0.336 e. The van der Waals surface area contributed by atoms with Crippen molar-refractivity contribution in [3.8, 4) is 0 Å². The van der Waals surface area contributed by atoms with Crippen molar-refractivity contribution in [2.24, 2.45) is 0 Å². The second kappa shape index (κ2) is 5.15. The van der Waals surface area contributed by atoms with Crippen LogP contribution in [0.4, 0.5) is 5.69 Å². The molecule has 100 valence electrons. The molecular formula is C14H10N2O2S2. The maximum atomic E-state index is 11.3. The van der Waals surface area contributed by atoms with Gasteiger partial charge in [-0.1, -0.05) is 23.9 Å². The van der Waals surface area contributed by atoms with Gasteiger partial charge in [-0.25, -0.2) is 9.78 Å². The number of hydrogen-bond acceptors (Lipinski definition) is 5. The normalized spacial score (nSPS) is 10.8. The molecule has 0 aliphatic carbocycles. The molecular weight excluding hydrogens is 292 g/mol. The fraction of sp³-hybridized carbons (Fsp3) is 0. The third-order valence-corrected chi connectivity index (χ3v) is 4.88. The lowest BCUT2D eigenvalue weighted by Gasteiger charge is -2.04. The standard InChI is InChI=1S/C14H10N2O2S2/c15-8-5-6-11(9(7-8)13(17)18)19-14-16-10-3-1-2-4-12(10)20-14/h1-7H,15H2,(H,17,18). The van der Waals surface area contributed by atoms with Gasteiger partial charge in [0.15, 0.2) is 4.34 Å². The van der Waals surface area contributed by atoms with Crippen LogP contribution in [0, 0.1) is 0 Å². The van der Waals surface area contributed by atoms with E-state index in [2.05, 4.69) is 4.98 Å². The van der Waals surface area contributed by atoms with Gasteiger partial charge in [0.2, 0.25) is 0 Å². The second-order valence-corrected chi connectivity index (χ2v) is 6.43. The van der Waals surface area contributed by atoms with Gasteiger partial charge >= 0.3 is 5.97 Å². The molecule has 3 aromatic rings. The number of nitrogens with two attached hydrogens (primary N) is 1. The number of rotatable bonds is 3. The summed E-state index contributed by atoms with van der Waals surface area (Å²) in [7, 11) is 0. The van der Waals surface area contributed by atoms with Crippen LogP contribution in [0.3, 0.4) is 0 Å². The first kappa shape index (κ1) is 13.0. The van der Waals surface area contributed by atoms with Crippen molar-refractivity contribution in [1.29, 1.82) is 0 Å². The van der Waals surface area contributed by atoms with Crippen molar-refractivity contribution in [3.63, 3.8) is 0 Å². The Morgan fingerprint density at radius 2 is 2.05 bits per heavy atom. The van der Waals surface area contributed by atoms with Crippen molar-refractivity contribution >= 4 is 45.0 Å². The maximum Gasteiger partial charge on any atom is 0.336 e. The Labute approximate surface area is 123 Å². The van der Waals surface area contributed by atoms with Crippen molar-refractivity contribution in [3.05, 3.63) is 48.0 Å². The summed E-state index contributed by atoms with van der Waals surface area (Å²) < 4.78 is 1.90. The molecule has 3 rings (SSSR count). The third kappa shape index (κ3) is 2.48. The van der Waals surface area contributed by atoms with Gasteiger partial charge in [-0.05, 0) is 30.3 Å². The Morgan fingerprint density at radius 1 is 1.25 bits per heavy atom. The predicted molar refractivity (Wildman–Crippen MR) is 81.6 cm³/mol. The predicted octanol–water partition coefficient (Wildman–Crippen LogP) is 3.73. The zero-order valence-corrected chi connectivity index (χ0v) is 11.9. The monoisotopic (exact) mass is 302 g/mol. The summed E-state index contributed by atoms with van der Waals surface area (Å²) in [6, 6.07) is 12.7. The molecule has 0 bridgehead atoms. The molecule has 2 aromatic carbocycles. The molecule has 4 nitrogen and oxygen atoms in total. The Balaban J connectivity index is 2.00. The fourth-order valence-electron chi connectivity index (χ4n) is 1.79. The van der Waals surface area contributed by atoms with Crippen LogP contribution in [0.1, 0.15) is 10.4 Å². The van der Waals surface area contributed by atoms with Crippen LogP contribution >= 0.6 is 23.1 Å². The average Bonchev–Trinajstić information content (AvgIpc) is 2.82. The van der Waals surface area contributed by atoms with Crippen LogP contribution in [0.2, 0.25) is 0 Å². The number of aromatic carboxylic acids is 1. The zero-order valence-electron chi connectivity index (χ0n) is 10.2. The van der Waals surface area contributed by atoms with Gasteiger partial charge in [-0.3, -0.25) is 0 Å². The van der Waals surface area contributed by atoms with E-state index in [0.29, 0.717) is 10.6 Å². The number of para-hydroxylation sites is 1. The van der Waals surface area contributed by atoms with E-state index < -0.39 is 5.97 Å². The lowest BCUT2D eigenvalue weighted by Crippen LogP contribution is -2.00. The van der Waals surface area contributed by atoms with Crippen LogP contribution in [-0.2, 0) is 0 Å². The number of thiazole rings is 1. The van der Waals surface area contributed by atoms with E-state index in [9.17, 15) is 9.90 Å². The summed E-state index contributed by atoms with van der Waals surface area (Å²) in [6.45, 7) is 0. The highest BCUT2D eigenvalue weighted by Gasteiger charge is 2.13. The molecule has 20 heavy (non-hydrogen) atoms. The molecule has 0 spiro atoms. The molecule has 0 fully saturated rings. The van der Waals surface area contributed by atoms with E-state index in [1.54, 1.807) is 23.5 Å². The first-order chi connectivity index (χ1) is 9.63. The van der Waals surface area contributed by atoms with E-state index in [0.717, 1.165) is 14.6 Å².